The van der Waals surface area contributed by atoms with Crippen LogP contribution in [-0.4, -0.2) is 23.7 Å². The number of nitro benzene ring substituents is 1. The number of halogens is 1. The fraction of sp³-hybridized carbons (Fsp3) is 0.0476. The van der Waals surface area contributed by atoms with Crippen LogP contribution in [0.4, 0.5) is 5.69 Å². The summed E-state index contributed by atoms with van der Waals surface area (Å²) in [6.45, 7) is -0.234. The standard InChI is InChI=1S/C21H16ClN3O4/c22-18-11-10-15(12-19(18)25(27)28)13-23-24-21(26)14-29-20-9-5-4-8-17(20)16-6-2-1-3-7-16/h1-13H,14H2,(H,24,26)/b23-13-. The number of nitrogens with zero attached hydrogens (tertiary/aromatic N) is 2. The fourth-order valence-corrected chi connectivity index (χ4v) is 2.74. The number of carbonyl (C=O) groups excluding carboxylic acids is 1. The molecule has 0 aromatic heterocycles. The Morgan fingerprint density at radius 1 is 1.10 bits per heavy atom. The number of ether oxygens (including phenoxy) is 1. The van der Waals surface area contributed by atoms with Gasteiger partial charge >= 0.3 is 0 Å². The minimum atomic E-state index is -0.587. The third kappa shape index (κ3) is 5.40. The Labute approximate surface area is 171 Å². The predicted molar refractivity (Wildman–Crippen MR) is 111 cm³/mol. The Balaban J connectivity index is 1.60. The Bertz CT molecular complexity index is 1050. The monoisotopic (exact) mass is 409 g/mol. The number of nitrogens with one attached hydrogen (secondary N) is 1. The quantitative estimate of drug-likeness (QED) is 0.354. The van der Waals surface area contributed by atoms with E-state index >= 15 is 0 Å². The lowest BCUT2D eigenvalue weighted by atomic mass is 10.1. The number of nitro groups is 1. The highest BCUT2D eigenvalue weighted by Crippen LogP contribution is 2.29. The van der Waals surface area contributed by atoms with Crippen LogP contribution in [0.25, 0.3) is 11.1 Å². The Hall–Kier alpha value is -3.71. The number of hydrazone groups is 1. The van der Waals surface area contributed by atoms with Gasteiger partial charge in [0.05, 0.1) is 11.1 Å². The first-order valence-electron chi connectivity index (χ1n) is 8.57. The van der Waals surface area contributed by atoms with Gasteiger partial charge < -0.3 is 4.74 Å². The lowest BCUT2D eigenvalue weighted by Crippen LogP contribution is -2.24. The van der Waals surface area contributed by atoms with E-state index in [4.69, 9.17) is 16.3 Å². The molecule has 0 aliphatic heterocycles. The van der Waals surface area contributed by atoms with Crippen LogP contribution in [0.3, 0.4) is 0 Å². The van der Waals surface area contributed by atoms with Crippen molar-refractivity contribution in [1.29, 1.82) is 0 Å². The molecule has 0 saturated carbocycles. The van der Waals surface area contributed by atoms with Crippen molar-refractivity contribution in [2.45, 2.75) is 0 Å². The lowest BCUT2D eigenvalue weighted by molar-refractivity contribution is -0.384. The summed E-state index contributed by atoms with van der Waals surface area (Å²) in [6, 6.07) is 21.3. The summed E-state index contributed by atoms with van der Waals surface area (Å²) >= 11 is 5.76. The molecule has 3 rings (SSSR count). The van der Waals surface area contributed by atoms with E-state index in [0.29, 0.717) is 11.3 Å². The van der Waals surface area contributed by atoms with E-state index in [1.165, 1.54) is 18.3 Å². The van der Waals surface area contributed by atoms with Gasteiger partial charge in [-0.25, -0.2) is 5.43 Å². The minimum absolute atomic E-state index is 0.0293. The van der Waals surface area contributed by atoms with Crippen molar-refractivity contribution in [3.8, 4) is 16.9 Å². The van der Waals surface area contributed by atoms with Gasteiger partial charge in [-0.05, 0) is 17.7 Å². The number of benzene rings is 3. The molecule has 7 nitrogen and oxygen atoms in total. The van der Waals surface area contributed by atoms with E-state index in [2.05, 4.69) is 10.5 Å². The molecule has 0 fully saturated rings. The molecule has 0 unspecified atom stereocenters. The molecule has 0 aliphatic carbocycles. The van der Waals surface area contributed by atoms with Gasteiger partial charge in [0, 0.05) is 17.2 Å². The summed E-state index contributed by atoms with van der Waals surface area (Å²) in [6.07, 6.45) is 1.29. The van der Waals surface area contributed by atoms with E-state index in [1.807, 2.05) is 48.5 Å². The van der Waals surface area contributed by atoms with Crippen LogP contribution >= 0.6 is 11.6 Å². The van der Waals surface area contributed by atoms with E-state index in [9.17, 15) is 14.9 Å². The largest absolute Gasteiger partial charge is 0.483 e. The van der Waals surface area contributed by atoms with Gasteiger partial charge in [0.15, 0.2) is 6.61 Å². The summed E-state index contributed by atoms with van der Waals surface area (Å²) in [4.78, 5) is 22.3. The summed E-state index contributed by atoms with van der Waals surface area (Å²) in [5, 5.41) is 14.7. The average molecular weight is 410 g/mol. The molecular formula is C21H16ClN3O4. The molecule has 1 N–H and O–H groups in total. The topological polar surface area (TPSA) is 93.8 Å². The molecular weight excluding hydrogens is 394 g/mol. The summed E-state index contributed by atoms with van der Waals surface area (Å²) in [5.41, 5.74) is 4.37. The summed E-state index contributed by atoms with van der Waals surface area (Å²) < 4.78 is 5.63. The second-order valence-electron chi connectivity index (χ2n) is 5.91. The van der Waals surface area contributed by atoms with Crippen LogP contribution in [-0.2, 0) is 4.79 Å². The lowest BCUT2D eigenvalue weighted by Gasteiger charge is -2.10. The zero-order valence-electron chi connectivity index (χ0n) is 15.1. The van der Waals surface area contributed by atoms with E-state index < -0.39 is 10.8 Å². The highest BCUT2D eigenvalue weighted by molar-refractivity contribution is 6.32. The smallest absolute Gasteiger partial charge is 0.288 e. The van der Waals surface area contributed by atoms with Crippen molar-refractivity contribution in [3.63, 3.8) is 0 Å². The normalized spacial score (nSPS) is 10.7. The molecule has 0 spiro atoms. The predicted octanol–water partition coefficient (Wildman–Crippen LogP) is 4.44. The van der Waals surface area contributed by atoms with Gasteiger partial charge in [-0.2, -0.15) is 5.10 Å². The first-order chi connectivity index (χ1) is 14.0. The zero-order valence-corrected chi connectivity index (χ0v) is 15.9. The molecule has 0 bridgehead atoms. The first kappa shape index (κ1) is 20.0. The van der Waals surface area contributed by atoms with Crippen molar-refractivity contribution < 1.29 is 14.5 Å². The van der Waals surface area contributed by atoms with Gasteiger partial charge in [0.1, 0.15) is 10.8 Å². The molecule has 146 valence electrons. The van der Waals surface area contributed by atoms with Crippen molar-refractivity contribution in [1.82, 2.24) is 5.43 Å². The van der Waals surface area contributed by atoms with E-state index in [0.717, 1.165) is 11.1 Å². The zero-order chi connectivity index (χ0) is 20.6. The number of amides is 1. The van der Waals surface area contributed by atoms with E-state index in [-0.39, 0.29) is 17.3 Å². The van der Waals surface area contributed by atoms with Crippen LogP contribution in [0.15, 0.2) is 77.9 Å². The van der Waals surface area contributed by atoms with Crippen molar-refractivity contribution in [2.75, 3.05) is 6.61 Å². The maximum atomic E-state index is 12.0. The summed E-state index contributed by atoms with van der Waals surface area (Å²) in [5.74, 6) is 0.110. The average Bonchev–Trinajstić information content (AvgIpc) is 2.74. The van der Waals surface area contributed by atoms with Crippen LogP contribution in [0, 0.1) is 10.1 Å². The van der Waals surface area contributed by atoms with Gasteiger partial charge in [-0.3, -0.25) is 14.9 Å². The van der Waals surface area contributed by atoms with Crippen LogP contribution in [0.1, 0.15) is 5.56 Å². The highest BCUT2D eigenvalue weighted by atomic mass is 35.5. The number of rotatable bonds is 7. The molecule has 0 radical (unpaired) electrons. The van der Waals surface area contributed by atoms with Crippen LogP contribution in [0.5, 0.6) is 5.75 Å². The molecule has 3 aromatic rings. The number of hydrogen-bond acceptors (Lipinski definition) is 5. The second kappa shape index (κ2) is 9.48. The SMILES string of the molecule is O=C(COc1ccccc1-c1ccccc1)N/N=C\c1ccc(Cl)c([N+](=O)[O-])c1. The highest BCUT2D eigenvalue weighted by Gasteiger charge is 2.12. The minimum Gasteiger partial charge on any atom is -0.483 e. The van der Waals surface area contributed by atoms with Gasteiger partial charge in [0.25, 0.3) is 11.6 Å². The number of para-hydroxylation sites is 1. The Kier molecular flexibility index (Phi) is 6.55. The van der Waals surface area contributed by atoms with Gasteiger partial charge in [-0.15, -0.1) is 0 Å². The molecule has 29 heavy (non-hydrogen) atoms. The fourth-order valence-electron chi connectivity index (χ4n) is 2.55. The van der Waals surface area contributed by atoms with Gasteiger partial charge in [-0.1, -0.05) is 66.2 Å². The van der Waals surface area contributed by atoms with Crippen molar-refractivity contribution in [2.24, 2.45) is 5.10 Å². The van der Waals surface area contributed by atoms with E-state index in [1.54, 1.807) is 12.1 Å². The van der Waals surface area contributed by atoms with Crippen LogP contribution in [0.2, 0.25) is 5.02 Å². The molecule has 0 saturated heterocycles. The maximum Gasteiger partial charge on any atom is 0.288 e. The second-order valence-corrected chi connectivity index (χ2v) is 6.32. The van der Waals surface area contributed by atoms with Gasteiger partial charge in [0.2, 0.25) is 0 Å². The van der Waals surface area contributed by atoms with Crippen LogP contribution < -0.4 is 10.2 Å². The molecule has 0 heterocycles. The third-order valence-corrected chi connectivity index (χ3v) is 4.22. The Morgan fingerprint density at radius 2 is 1.83 bits per heavy atom. The molecule has 3 aromatic carbocycles. The Morgan fingerprint density at radius 3 is 2.59 bits per heavy atom. The molecule has 8 heteroatoms. The van der Waals surface area contributed by atoms with Crippen molar-refractivity contribution >= 4 is 29.4 Å². The molecule has 1 amide bonds. The molecule has 0 aliphatic rings. The third-order valence-electron chi connectivity index (χ3n) is 3.90. The summed E-state index contributed by atoms with van der Waals surface area (Å²) in [7, 11) is 0. The number of carbonyl (C=O) groups is 1. The van der Waals surface area contributed by atoms with Crippen molar-refractivity contribution in [3.05, 3.63) is 93.5 Å². The maximum absolute atomic E-state index is 12.0. The molecule has 0 atom stereocenters. The first-order valence-corrected chi connectivity index (χ1v) is 8.95. The number of hydrogen-bond donors (Lipinski definition) is 1.